The van der Waals surface area contributed by atoms with Crippen molar-refractivity contribution in [3.63, 3.8) is 0 Å². The van der Waals surface area contributed by atoms with Crippen molar-refractivity contribution in [1.82, 2.24) is 4.90 Å². The summed E-state index contributed by atoms with van der Waals surface area (Å²) in [5.74, 6) is -2.22. The van der Waals surface area contributed by atoms with Crippen molar-refractivity contribution in [3.8, 4) is 11.1 Å². The lowest BCUT2D eigenvalue weighted by Crippen LogP contribution is -2.30. The number of aryl methyl sites for hydroxylation is 1. The SMILES string of the molecule is Cc1ccc2ccccc2c1C(=O)N(Cc1ccc(-c2cccc(C3(C(=O)O)CC3)c2)cc1)Cc1ccc(C(F)(F)F)o1. The van der Waals surface area contributed by atoms with Crippen LogP contribution in [0.5, 0.6) is 0 Å². The molecule has 1 N–H and O–H groups in total. The summed E-state index contributed by atoms with van der Waals surface area (Å²) in [7, 11) is 0. The molecule has 1 saturated carbocycles. The summed E-state index contributed by atoms with van der Waals surface area (Å²) in [6.07, 6.45) is -3.40. The second kappa shape index (κ2) is 10.8. The zero-order valence-electron chi connectivity index (χ0n) is 23.3. The number of carboxylic acid groups (broad SMARTS) is 1. The number of aliphatic carboxylic acids is 1. The highest BCUT2D eigenvalue weighted by Gasteiger charge is 2.51. The molecule has 1 aliphatic carbocycles. The zero-order chi connectivity index (χ0) is 30.4. The van der Waals surface area contributed by atoms with Crippen LogP contribution in [0.3, 0.4) is 0 Å². The van der Waals surface area contributed by atoms with Gasteiger partial charge in [-0.3, -0.25) is 9.59 Å². The maximum Gasteiger partial charge on any atom is 0.449 e. The number of hydrogen-bond donors (Lipinski definition) is 1. The van der Waals surface area contributed by atoms with Crippen LogP contribution in [0.15, 0.2) is 101 Å². The maximum absolute atomic E-state index is 14.1. The van der Waals surface area contributed by atoms with Gasteiger partial charge in [0.15, 0.2) is 0 Å². The van der Waals surface area contributed by atoms with Crippen LogP contribution in [0.2, 0.25) is 0 Å². The average Bonchev–Trinajstić information content (AvgIpc) is 3.68. The molecule has 8 heteroatoms. The van der Waals surface area contributed by atoms with Gasteiger partial charge in [0.05, 0.1) is 17.5 Å². The number of benzene rings is 4. The first-order valence-electron chi connectivity index (χ1n) is 13.9. The number of carboxylic acids is 1. The molecule has 5 aromatic rings. The van der Waals surface area contributed by atoms with Crippen molar-refractivity contribution in [2.45, 2.75) is 44.4 Å². The molecule has 1 amide bonds. The molecule has 0 spiro atoms. The second-order valence-corrected chi connectivity index (χ2v) is 11.1. The molecule has 43 heavy (non-hydrogen) atoms. The Labute approximate surface area is 246 Å². The van der Waals surface area contributed by atoms with Crippen molar-refractivity contribution in [1.29, 1.82) is 0 Å². The van der Waals surface area contributed by atoms with Crippen molar-refractivity contribution >= 4 is 22.6 Å². The van der Waals surface area contributed by atoms with Crippen LogP contribution in [0, 0.1) is 6.92 Å². The average molecular weight is 584 g/mol. The van der Waals surface area contributed by atoms with E-state index in [1.807, 2.05) is 91.9 Å². The number of furan rings is 1. The van der Waals surface area contributed by atoms with Crippen LogP contribution in [-0.4, -0.2) is 21.9 Å². The number of amides is 1. The van der Waals surface area contributed by atoms with E-state index in [-0.39, 0.29) is 24.8 Å². The first-order chi connectivity index (χ1) is 20.5. The first-order valence-corrected chi connectivity index (χ1v) is 13.9. The molecule has 0 aliphatic heterocycles. The van der Waals surface area contributed by atoms with Gasteiger partial charge < -0.3 is 14.4 Å². The number of nitrogens with zero attached hydrogens (tertiary/aromatic N) is 1. The van der Waals surface area contributed by atoms with E-state index in [4.69, 9.17) is 4.42 Å². The van der Waals surface area contributed by atoms with Crippen LogP contribution < -0.4 is 0 Å². The van der Waals surface area contributed by atoms with Crippen molar-refractivity contribution in [2.75, 3.05) is 0 Å². The minimum absolute atomic E-state index is 0.0273. The first kappa shape index (κ1) is 28.3. The van der Waals surface area contributed by atoms with Gasteiger partial charge in [-0.1, -0.05) is 84.9 Å². The van der Waals surface area contributed by atoms with Gasteiger partial charge in [0.25, 0.3) is 5.91 Å². The summed E-state index contributed by atoms with van der Waals surface area (Å²) in [4.78, 5) is 27.4. The van der Waals surface area contributed by atoms with Gasteiger partial charge in [-0.25, -0.2) is 0 Å². The molecular weight excluding hydrogens is 555 g/mol. The Morgan fingerprint density at radius 2 is 1.60 bits per heavy atom. The molecule has 0 radical (unpaired) electrons. The third-order valence-electron chi connectivity index (χ3n) is 8.16. The number of carbonyl (C=O) groups is 2. The fourth-order valence-corrected chi connectivity index (χ4v) is 5.60. The van der Waals surface area contributed by atoms with E-state index in [1.54, 1.807) is 0 Å². The summed E-state index contributed by atoms with van der Waals surface area (Å²) in [6.45, 7) is 1.82. The van der Waals surface area contributed by atoms with Crippen LogP contribution >= 0.6 is 0 Å². The largest absolute Gasteiger partial charge is 0.481 e. The van der Waals surface area contributed by atoms with Crippen LogP contribution in [0.4, 0.5) is 13.2 Å². The molecule has 1 aliphatic rings. The predicted molar refractivity (Wildman–Crippen MR) is 156 cm³/mol. The number of alkyl halides is 3. The number of carbonyl (C=O) groups excluding carboxylic acids is 1. The molecule has 0 bridgehead atoms. The standard InChI is InChI=1S/C35H28F3NO4/c1-22-9-12-25-5-2-3-8-29(25)31(22)32(40)39(21-28-15-16-30(43-28)35(36,37)38)20-23-10-13-24(14-11-23)26-6-4-7-27(19-26)34(17-18-34)33(41)42/h2-16,19H,17-18,20-21H2,1H3,(H,41,42). The predicted octanol–water partition coefficient (Wildman–Crippen LogP) is 8.39. The molecule has 0 saturated heterocycles. The van der Waals surface area contributed by atoms with Crippen molar-refractivity contribution in [3.05, 3.63) is 131 Å². The highest BCUT2D eigenvalue weighted by atomic mass is 19.4. The van der Waals surface area contributed by atoms with Gasteiger partial charge >= 0.3 is 12.1 Å². The highest BCUT2D eigenvalue weighted by Crippen LogP contribution is 2.49. The van der Waals surface area contributed by atoms with Crippen molar-refractivity contribution < 1.29 is 32.3 Å². The molecule has 0 unspecified atom stereocenters. The van der Waals surface area contributed by atoms with E-state index < -0.39 is 23.3 Å². The molecule has 218 valence electrons. The summed E-state index contributed by atoms with van der Waals surface area (Å²) >= 11 is 0. The van der Waals surface area contributed by atoms with Crippen molar-refractivity contribution in [2.24, 2.45) is 0 Å². The molecule has 6 rings (SSSR count). The fraction of sp³-hybridized carbons (Fsp3) is 0.200. The van der Waals surface area contributed by atoms with E-state index in [2.05, 4.69) is 0 Å². The zero-order valence-corrected chi connectivity index (χ0v) is 23.3. The van der Waals surface area contributed by atoms with Gasteiger partial charge in [0, 0.05) is 6.54 Å². The fourth-order valence-electron chi connectivity index (χ4n) is 5.60. The molecule has 1 aromatic heterocycles. The summed E-state index contributed by atoms with van der Waals surface area (Å²) < 4.78 is 44.8. The van der Waals surface area contributed by atoms with Gasteiger partial charge in [0.1, 0.15) is 5.76 Å². The Hall–Kier alpha value is -4.85. The van der Waals surface area contributed by atoms with Gasteiger partial charge in [-0.05, 0) is 70.5 Å². The van der Waals surface area contributed by atoms with Crippen LogP contribution in [0.25, 0.3) is 21.9 Å². The topological polar surface area (TPSA) is 70.8 Å². The highest BCUT2D eigenvalue weighted by molar-refractivity contribution is 6.08. The number of fused-ring (bicyclic) bond motifs is 1. The Morgan fingerprint density at radius 1 is 0.860 bits per heavy atom. The second-order valence-electron chi connectivity index (χ2n) is 11.1. The molecule has 1 fully saturated rings. The monoisotopic (exact) mass is 583 g/mol. The number of hydrogen-bond acceptors (Lipinski definition) is 3. The van der Waals surface area contributed by atoms with E-state index in [0.717, 1.165) is 44.7 Å². The lowest BCUT2D eigenvalue weighted by Gasteiger charge is -2.24. The van der Waals surface area contributed by atoms with E-state index >= 15 is 0 Å². The summed E-state index contributed by atoms with van der Waals surface area (Å²) in [5.41, 5.74) is 3.75. The number of rotatable bonds is 8. The molecule has 0 atom stereocenters. The molecule has 4 aromatic carbocycles. The maximum atomic E-state index is 14.1. The van der Waals surface area contributed by atoms with Gasteiger partial charge in [-0.15, -0.1) is 0 Å². The summed E-state index contributed by atoms with van der Waals surface area (Å²) in [6, 6.07) is 28.5. The van der Waals surface area contributed by atoms with Crippen LogP contribution in [-0.2, 0) is 29.5 Å². The third kappa shape index (κ3) is 5.52. The third-order valence-corrected chi connectivity index (χ3v) is 8.16. The Kier molecular flexibility index (Phi) is 7.08. The quantitative estimate of drug-likeness (QED) is 0.199. The molecule has 5 nitrogen and oxygen atoms in total. The number of halogens is 3. The smallest absolute Gasteiger partial charge is 0.449 e. The van der Waals surface area contributed by atoms with E-state index in [1.165, 1.54) is 11.0 Å². The van der Waals surface area contributed by atoms with Gasteiger partial charge in [0.2, 0.25) is 5.76 Å². The lowest BCUT2D eigenvalue weighted by molar-refractivity contribution is -0.153. The Balaban J connectivity index is 1.31. The van der Waals surface area contributed by atoms with Gasteiger partial charge in [-0.2, -0.15) is 13.2 Å². The summed E-state index contributed by atoms with van der Waals surface area (Å²) in [5, 5.41) is 11.3. The Morgan fingerprint density at radius 3 is 2.28 bits per heavy atom. The minimum atomic E-state index is -4.63. The Bertz CT molecular complexity index is 1830. The minimum Gasteiger partial charge on any atom is -0.481 e. The molecular formula is C35H28F3NO4. The lowest BCUT2D eigenvalue weighted by atomic mass is 9.92. The van der Waals surface area contributed by atoms with E-state index in [9.17, 15) is 27.9 Å². The van der Waals surface area contributed by atoms with E-state index in [0.29, 0.717) is 18.4 Å². The normalized spacial score (nSPS) is 14.0. The molecule has 1 heterocycles. The van der Waals surface area contributed by atoms with Crippen LogP contribution in [0.1, 0.15) is 51.4 Å².